The van der Waals surface area contributed by atoms with Crippen molar-refractivity contribution in [1.82, 2.24) is 19.6 Å². The van der Waals surface area contributed by atoms with Crippen molar-refractivity contribution in [2.75, 3.05) is 19.8 Å². The largest absolute Gasteiger partial charge is 0.406 e. The van der Waals surface area contributed by atoms with Crippen LogP contribution in [-0.2, 0) is 11.8 Å². The summed E-state index contributed by atoms with van der Waals surface area (Å²) in [7, 11) is 1.67. The number of aromatic nitrogens is 2. The number of amides is 2. The molecular formula is C12H15F3N4O2. The predicted molar refractivity (Wildman–Crippen MR) is 66.4 cm³/mol. The minimum absolute atomic E-state index is 0.333. The molecule has 0 atom stereocenters. The summed E-state index contributed by atoms with van der Waals surface area (Å²) in [5, 5.41) is 4.09. The summed E-state index contributed by atoms with van der Waals surface area (Å²) in [5.41, 5.74) is 1.43. The van der Waals surface area contributed by atoms with E-state index >= 15 is 0 Å². The lowest BCUT2D eigenvalue weighted by atomic mass is 10.2. The molecule has 116 valence electrons. The van der Waals surface area contributed by atoms with Gasteiger partial charge in [0, 0.05) is 12.7 Å². The Balaban J connectivity index is 2.17. The van der Waals surface area contributed by atoms with E-state index in [9.17, 15) is 22.8 Å². The SMILES string of the molecule is Cc1nn(C)c(C)c1C(=O)N1CC(=O)N(CC(F)(F)F)C1. The highest BCUT2D eigenvalue weighted by atomic mass is 19.4. The normalized spacial score (nSPS) is 16.0. The molecule has 0 saturated carbocycles. The van der Waals surface area contributed by atoms with E-state index in [0.29, 0.717) is 21.9 Å². The van der Waals surface area contributed by atoms with E-state index in [1.165, 1.54) is 4.68 Å². The summed E-state index contributed by atoms with van der Waals surface area (Å²) in [6, 6.07) is 0. The van der Waals surface area contributed by atoms with Crippen LogP contribution in [0.5, 0.6) is 0 Å². The van der Waals surface area contributed by atoms with E-state index in [1.54, 1.807) is 20.9 Å². The molecule has 0 N–H and O–H groups in total. The number of halogens is 3. The van der Waals surface area contributed by atoms with Crippen LogP contribution in [0.15, 0.2) is 0 Å². The predicted octanol–water partition coefficient (Wildman–Crippen LogP) is 0.841. The number of rotatable bonds is 2. The lowest BCUT2D eigenvalue weighted by Crippen LogP contribution is -2.37. The second-order valence-electron chi connectivity index (χ2n) is 5.02. The molecule has 0 bridgehead atoms. The molecular weight excluding hydrogens is 289 g/mol. The van der Waals surface area contributed by atoms with Crippen LogP contribution >= 0.6 is 0 Å². The first-order chi connectivity index (χ1) is 9.60. The fourth-order valence-corrected chi connectivity index (χ4v) is 2.33. The standard InChI is InChI=1S/C12H15F3N4O2/c1-7-10(8(2)17(3)16-7)11(21)18-4-9(20)19(6-18)5-12(13,14)15/h4-6H2,1-3H3. The lowest BCUT2D eigenvalue weighted by molar-refractivity contribution is -0.157. The highest BCUT2D eigenvalue weighted by Crippen LogP contribution is 2.22. The molecule has 1 fully saturated rings. The maximum absolute atomic E-state index is 12.4. The maximum Gasteiger partial charge on any atom is 0.406 e. The first-order valence-electron chi connectivity index (χ1n) is 6.24. The van der Waals surface area contributed by atoms with Crippen molar-refractivity contribution in [2.24, 2.45) is 7.05 Å². The summed E-state index contributed by atoms with van der Waals surface area (Å²) in [5.74, 6) is -1.18. The molecule has 21 heavy (non-hydrogen) atoms. The van der Waals surface area contributed by atoms with Gasteiger partial charge >= 0.3 is 6.18 Å². The highest BCUT2D eigenvalue weighted by Gasteiger charge is 2.39. The molecule has 2 amide bonds. The Hall–Kier alpha value is -2.06. The van der Waals surface area contributed by atoms with Crippen molar-refractivity contribution >= 4 is 11.8 Å². The average molecular weight is 304 g/mol. The molecule has 6 nitrogen and oxygen atoms in total. The van der Waals surface area contributed by atoms with Crippen molar-refractivity contribution in [3.8, 4) is 0 Å². The third-order valence-electron chi connectivity index (χ3n) is 3.40. The van der Waals surface area contributed by atoms with Gasteiger partial charge in [0.15, 0.2) is 0 Å². The van der Waals surface area contributed by atoms with E-state index in [2.05, 4.69) is 5.10 Å². The fraction of sp³-hybridized carbons (Fsp3) is 0.583. The van der Waals surface area contributed by atoms with E-state index in [0.717, 1.165) is 4.90 Å². The number of hydrogen-bond donors (Lipinski definition) is 0. The second kappa shape index (κ2) is 5.05. The molecule has 0 unspecified atom stereocenters. The molecule has 2 heterocycles. The highest BCUT2D eigenvalue weighted by molar-refractivity contribution is 5.99. The van der Waals surface area contributed by atoms with Gasteiger partial charge in [-0.1, -0.05) is 0 Å². The number of alkyl halides is 3. The fourth-order valence-electron chi connectivity index (χ4n) is 2.33. The Labute approximate surface area is 119 Å². The van der Waals surface area contributed by atoms with Crippen molar-refractivity contribution < 1.29 is 22.8 Å². The lowest BCUT2D eigenvalue weighted by Gasteiger charge is -2.19. The van der Waals surface area contributed by atoms with Gasteiger partial charge in [-0.2, -0.15) is 18.3 Å². The van der Waals surface area contributed by atoms with Gasteiger partial charge in [0.1, 0.15) is 13.1 Å². The quantitative estimate of drug-likeness (QED) is 0.813. The van der Waals surface area contributed by atoms with E-state index < -0.39 is 24.5 Å². The molecule has 9 heteroatoms. The van der Waals surface area contributed by atoms with Gasteiger partial charge in [-0.05, 0) is 13.8 Å². The minimum Gasteiger partial charge on any atom is -0.314 e. The number of nitrogens with zero attached hydrogens (tertiary/aromatic N) is 4. The number of carbonyl (C=O) groups excluding carboxylic acids is 2. The summed E-state index contributed by atoms with van der Waals surface area (Å²) >= 11 is 0. The van der Waals surface area contributed by atoms with Gasteiger partial charge in [-0.15, -0.1) is 0 Å². The summed E-state index contributed by atoms with van der Waals surface area (Å²) < 4.78 is 38.6. The molecule has 1 saturated heterocycles. The molecule has 2 rings (SSSR count). The van der Waals surface area contributed by atoms with E-state index in [4.69, 9.17) is 0 Å². The maximum atomic E-state index is 12.4. The Morgan fingerprint density at radius 2 is 1.95 bits per heavy atom. The van der Waals surface area contributed by atoms with Crippen LogP contribution in [0.3, 0.4) is 0 Å². The van der Waals surface area contributed by atoms with Crippen LogP contribution in [0, 0.1) is 13.8 Å². The summed E-state index contributed by atoms with van der Waals surface area (Å²) in [6.07, 6.45) is -4.48. The van der Waals surface area contributed by atoms with Gasteiger partial charge in [0.25, 0.3) is 5.91 Å². The number of carbonyl (C=O) groups is 2. The Morgan fingerprint density at radius 3 is 2.43 bits per heavy atom. The van der Waals surface area contributed by atoms with Gasteiger partial charge in [-0.3, -0.25) is 14.3 Å². The van der Waals surface area contributed by atoms with Gasteiger partial charge in [0.2, 0.25) is 5.91 Å². The van der Waals surface area contributed by atoms with Crippen LogP contribution in [0.25, 0.3) is 0 Å². The van der Waals surface area contributed by atoms with Crippen molar-refractivity contribution in [3.63, 3.8) is 0 Å². The van der Waals surface area contributed by atoms with Gasteiger partial charge in [0.05, 0.1) is 17.9 Å². The van der Waals surface area contributed by atoms with Crippen LogP contribution in [0.1, 0.15) is 21.7 Å². The molecule has 0 radical (unpaired) electrons. The molecule has 0 spiro atoms. The van der Waals surface area contributed by atoms with Crippen LogP contribution < -0.4 is 0 Å². The number of aryl methyl sites for hydroxylation is 2. The zero-order valence-corrected chi connectivity index (χ0v) is 11.9. The van der Waals surface area contributed by atoms with Gasteiger partial charge < -0.3 is 9.80 Å². The summed E-state index contributed by atoms with van der Waals surface area (Å²) in [6.45, 7) is 1.29. The van der Waals surface area contributed by atoms with Crippen molar-refractivity contribution in [2.45, 2.75) is 20.0 Å². The molecule has 1 aliphatic rings. The first-order valence-corrected chi connectivity index (χ1v) is 6.24. The van der Waals surface area contributed by atoms with Gasteiger partial charge in [-0.25, -0.2) is 0 Å². The molecule has 1 aromatic heterocycles. The van der Waals surface area contributed by atoms with Crippen LogP contribution in [-0.4, -0.2) is 57.3 Å². The molecule has 0 aromatic carbocycles. The third kappa shape index (κ3) is 3.01. The Kier molecular flexibility index (Phi) is 3.68. The van der Waals surface area contributed by atoms with Crippen LogP contribution in [0.2, 0.25) is 0 Å². The van der Waals surface area contributed by atoms with E-state index in [-0.39, 0.29) is 13.2 Å². The average Bonchev–Trinajstić information content (AvgIpc) is 2.79. The monoisotopic (exact) mass is 304 g/mol. The Bertz CT molecular complexity index is 594. The second-order valence-corrected chi connectivity index (χ2v) is 5.02. The van der Waals surface area contributed by atoms with E-state index in [1.807, 2.05) is 0 Å². The smallest absolute Gasteiger partial charge is 0.314 e. The minimum atomic E-state index is -4.48. The first kappa shape index (κ1) is 15.3. The van der Waals surface area contributed by atoms with Crippen molar-refractivity contribution in [1.29, 1.82) is 0 Å². The van der Waals surface area contributed by atoms with Crippen LogP contribution in [0.4, 0.5) is 13.2 Å². The molecule has 0 aliphatic carbocycles. The summed E-state index contributed by atoms with van der Waals surface area (Å²) in [4.78, 5) is 25.7. The zero-order valence-electron chi connectivity index (χ0n) is 11.9. The van der Waals surface area contributed by atoms with Crippen molar-refractivity contribution in [3.05, 3.63) is 17.0 Å². The molecule has 1 aliphatic heterocycles. The third-order valence-corrected chi connectivity index (χ3v) is 3.40. The Morgan fingerprint density at radius 1 is 1.33 bits per heavy atom. The number of hydrogen-bond acceptors (Lipinski definition) is 3. The zero-order chi connectivity index (χ0) is 15.9. The topological polar surface area (TPSA) is 58.4 Å². The molecule has 1 aromatic rings.